The molecule has 22 heavy (non-hydrogen) atoms. The van der Waals surface area contributed by atoms with Crippen molar-refractivity contribution in [2.24, 2.45) is 0 Å². The number of rotatable bonds is 3. The summed E-state index contributed by atoms with van der Waals surface area (Å²) in [4.78, 5) is 16.7. The molecule has 0 saturated heterocycles. The van der Waals surface area contributed by atoms with E-state index < -0.39 is 5.82 Å². The molecule has 0 fully saturated rings. The third-order valence-electron chi connectivity index (χ3n) is 3.54. The zero-order valence-electron chi connectivity index (χ0n) is 11.8. The molecular formula is C16H13FN4O. The average molecular weight is 296 g/mol. The number of aromatic nitrogens is 2. The molecule has 0 aliphatic heterocycles. The van der Waals surface area contributed by atoms with E-state index in [1.807, 2.05) is 25.1 Å². The van der Waals surface area contributed by atoms with Gasteiger partial charge >= 0.3 is 5.69 Å². The Kier molecular flexibility index (Phi) is 3.39. The number of nitrogens with one attached hydrogen (secondary N) is 3. The second-order valence-electron chi connectivity index (χ2n) is 5.02. The SMILES string of the molecule is C[C@H](Nc1cccc(F)c1C#N)c1ccc2[nH]c(=O)[nH]c2c1. The molecule has 110 valence electrons. The van der Waals surface area contributed by atoms with Crippen molar-refractivity contribution in [3.05, 3.63) is 63.8 Å². The molecule has 6 heteroatoms. The first-order chi connectivity index (χ1) is 10.6. The van der Waals surface area contributed by atoms with E-state index in [2.05, 4.69) is 15.3 Å². The molecule has 1 aromatic heterocycles. The smallest absolute Gasteiger partial charge is 0.323 e. The van der Waals surface area contributed by atoms with Crippen LogP contribution in [0, 0.1) is 17.1 Å². The molecule has 1 atom stereocenters. The fourth-order valence-electron chi connectivity index (χ4n) is 2.39. The van der Waals surface area contributed by atoms with Crippen LogP contribution in [-0.4, -0.2) is 9.97 Å². The highest BCUT2D eigenvalue weighted by atomic mass is 19.1. The topological polar surface area (TPSA) is 84.5 Å². The number of hydrogen-bond donors (Lipinski definition) is 3. The van der Waals surface area contributed by atoms with Gasteiger partial charge in [-0.05, 0) is 36.8 Å². The van der Waals surface area contributed by atoms with Gasteiger partial charge in [0, 0.05) is 6.04 Å². The number of aromatic amines is 2. The maximum atomic E-state index is 13.6. The Labute approximate surface area is 125 Å². The fourth-order valence-corrected chi connectivity index (χ4v) is 2.39. The second kappa shape index (κ2) is 5.37. The average Bonchev–Trinajstić information content (AvgIpc) is 2.86. The molecule has 0 unspecified atom stereocenters. The van der Waals surface area contributed by atoms with Crippen molar-refractivity contribution in [2.75, 3.05) is 5.32 Å². The Morgan fingerprint density at radius 3 is 2.77 bits per heavy atom. The summed E-state index contributed by atoms with van der Waals surface area (Å²) < 4.78 is 13.6. The van der Waals surface area contributed by atoms with Crippen LogP contribution in [0.15, 0.2) is 41.2 Å². The van der Waals surface area contributed by atoms with Gasteiger partial charge in [0.25, 0.3) is 0 Å². The van der Waals surface area contributed by atoms with Crippen molar-refractivity contribution in [1.29, 1.82) is 5.26 Å². The van der Waals surface area contributed by atoms with Crippen LogP contribution < -0.4 is 11.0 Å². The number of benzene rings is 2. The van der Waals surface area contributed by atoms with E-state index in [0.29, 0.717) is 11.2 Å². The second-order valence-corrected chi connectivity index (χ2v) is 5.02. The minimum absolute atomic E-state index is 0.00882. The molecular weight excluding hydrogens is 283 g/mol. The third-order valence-corrected chi connectivity index (χ3v) is 3.54. The normalized spacial score (nSPS) is 12.0. The van der Waals surface area contributed by atoms with Gasteiger partial charge in [0.1, 0.15) is 17.4 Å². The zero-order chi connectivity index (χ0) is 15.7. The first-order valence-electron chi connectivity index (χ1n) is 6.75. The standard InChI is InChI=1S/C16H13FN4O/c1-9(19-13-4-2-3-12(17)11(13)8-18)10-5-6-14-15(7-10)21-16(22)20-14/h2-7,9,19H,1H3,(H2,20,21,22)/t9-/m0/s1. The number of halogens is 1. The summed E-state index contributed by atoms with van der Waals surface area (Å²) >= 11 is 0. The lowest BCUT2D eigenvalue weighted by Gasteiger charge is -2.17. The first kappa shape index (κ1) is 13.9. The van der Waals surface area contributed by atoms with Crippen LogP contribution in [0.25, 0.3) is 11.0 Å². The van der Waals surface area contributed by atoms with Crippen molar-refractivity contribution >= 4 is 16.7 Å². The van der Waals surface area contributed by atoms with E-state index in [1.165, 1.54) is 6.07 Å². The van der Waals surface area contributed by atoms with Crippen molar-refractivity contribution < 1.29 is 4.39 Å². The van der Waals surface area contributed by atoms with Crippen LogP contribution in [0.4, 0.5) is 10.1 Å². The van der Waals surface area contributed by atoms with Crippen molar-refractivity contribution in [3.8, 4) is 6.07 Å². The number of hydrogen-bond acceptors (Lipinski definition) is 3. The largest absolute Gasteiger partial charge is 0.377 e. The minimum Gasteiger partial charge on any atom is -0.377 e. The van der Waals surface area contributed by atoms with Crippen LogP contribution in [0.5, 0.6) is 0 Å². The van der Waals surface area contributed by atoms with Gasteiger partial charge in [-0.25, -0.2) is 9.18 Å². The van der Waals surface area contributed by atoms with Crippen LogP contribution in [-0.2, 0) is 0 Å². The molecule has 0 saturated carbocycles. The van der Waals surface area contributed by atoms with Gasteiger partial charge < -0.3 is 15.3 Å². The number of nitrogens with zero attached hydrogens (tertiary/aromatic N) is 1. The van der Waals surface area contributed by atoms with Gasteiger partial charge in [-0.15, -0.1) is 0 Å². The Hall–Kier alpha value is -3.07. The Morgan fingerprint density at radius 2 is 2.00 bits per heavy atom. The molecule has 3 aromatic rings. The first-order valence-corrected chi connectivity index (χ1v) is 6.75. The molecule has 0 aliphatic carbocycles. The molecule has 3 rings (SSSR count). The molecule has 1 heterocycles. The van der Waals surface area contributed by atoms with Gasteiger partial charge in [-0.2, -0.15) is 5.26 Å². The number of fused-ring (bicyclic) bond motifs is 1. The molecule has 0 radical (unpaired) electrons. The summed E-state index contributed by atoms with van der Waals surface area (Å²) in [5.41, 5.74) is 2.52. The molecule has 3 N–H and O–H groups in total. The van der Waals surface area contributed by atoms with Crippen molar-refractivity contribution in [2.45, 2.75) is 13.0 Å². The number of H-pyrrole nitrogens is 2. The highest BCUT2D eigenvalue weighted by Crippen LogP contribution is 2.25. The van der Waals surface area contributed by atoms with Crippen molar-refractivity contribution in [1.82, 2.24) is 9.97 Å². The van der Waals surface area contributed by atoms with Crippen LogP contribution in [0.2, 0.25) is 0 Å². The molecule has 5 nitrogen and oxygen atoms in total. The number of imidazole rings is 1. The van der Waals surface area contributed by atoms with E-state index in [-0.39, 0.29) is 17.3 Å². The van der Waals surface area contributed by atoms with Crippen LogP contribution in [0.3, 0.4) is 0 Å². The molecule has 0 amide bonds. The molecule has 2 aromatic carbocycles. The van der Waals surface area contributed by atoms with E-state index in [0.717, 1.165) is 11.1 Å². The quantitative estimate of drug-likeness (QED) is 0.694. The Morgan fingerprint density at radius 1 is 1.23 bits per heavy atom. The summed E-state index contributed by atoms with van der Waals surface area (Å²) in [5, 5.41) is 12.2. The number of anilines is 1. The van der Waals surface area contributed by atoms with E-state index >= 15 is 0 Å². The van der Waals surface area contributed by atoms with Gasteiger partial charge in [-0.1, -0.05) is 12.1 Å². The molecule has 0 spiro atoms. The summed E-state index contributed by atoms with van der Waals surface area (Å²) in [6, 6.07) is 11.7. The maximum Gasteiger partial charge on any atom is 0.323 e. The van der Waals surface area contributed by atoms with E-state index in [1.54, 1.807) is 18.2 Å². The Bertz CT molecular complexity index is 935. The van der Waals surface area contributed by atoms with Crippen LogP contribution >= 0.6 is 0 Å². The molecule has 0 bridgehead atoms. The highest BCUT2D eigenvalue weighted by molar-refractivity contribution is 5.75. The summed E-state index contributed by atoms with van der Waals surface area (Å²) in [6.07, 6.45) is 0. The predicted molar refractivity (Wildman–Crippen MR) is 82.1 cm³/mol. The summed E-state index contributed by atoms with van der Waals surface area (Å²) in [6.45, 7) is 1.90. The van der Waals surface area contributed by atoms with E-state index in [9.17, 15) is 9.18 Å². The third kappa shape index (κ3) is 2.44. The zero-order valence-corrected chi connectivity index (χ0v) is 11.8. The predicted octanol–water partition coefficient (Wildman–Crippen LogP) is 3.04. The fraction of sp³-hybridized carbons (Fsp3) is 0.125. The summed E-state index contributed by atoms with van der Waals surface area (Å²) in [7, 11) is 0. The minimum atomic E-state index is -0.551. The summed E-state index contributed by atoms with van der Waals surface area (Å²) in [5.74, 6) is -0.551. The van der Waals surface area contributed by atoms with Gasteiger partial charge in [0.2, 0.25) is 0 Å². The Balaban J connectivity index is 1.93. The maximum absolute atomic E-state index is 13.6. The number of nitriles is 1. The van der Waals surface area contributed by atoms with Crippen LogP contribution in [0.1, 0.15) is 24.1 Å². The van der Waals surface area contributed by atoms with E-state index in [4.69, 9.17) is 5.26 Å². The monoisotopic (exact) mass is 296 g/mol. The van der Waals surface area contributed by atoms with Gasteiger partial charge in [0.05, 0.1) is 16.7 Å². The molecule has 0 aliphatic rings. The lowest BCUT2D eigenvalue weighted by molar-refractivity contribution is 0.624. The lowest BCUT2D eigenvalue weighted by atomic mass is 10.1. The highest BCUT2D eigenvalue weighted by Gasteiger charge is 2.12. The lowest BCUT2D eigenvalue weighted by Crippen LogP contribution is -2.08. The van der Waals surface area contributed by atoms with Gasteiger partial charge in [0.15, 0.2) is 0 Å². The van der Waals surface area contributed by atoms with Crippen molar-refractivity contribution in [3.63, 3.8) is 0 Å². The van der Waals surface area contributed by atoms with Gasteiger partial charge in [-0.3, -0.25) is 0 Å².